The van der Waals surface area contributed by atoms with Crippen LogP contribution < -0.4 is 0 Å². The number of hydrogen-bond acceptors (Lipinski definition) is 2. The van der Waals surface area contributed by atoms with Crippen LogP contribution >= 0.6 is 23.5 Å². The third-order valence-electron chi connectivity index (χ3n) is 1.63. The normalized spacial score (nSPS) is 34.3. The van der Waals surface area contributed by atoms with Crippen LogP contribution in [0.1, 0.15) is 0 Å². The Bertz CT molecular complexity index is 66.6. The van der Waals surface area contributed by atoms with Crippen molar-refractivity contribution in [3.8, 4) is 0 Å². The van der Waals surface area contributed by atoms with Crippen molar-refractivity contribution in [1.82, 2.24) is 0 Å². The molecule has 2 rings (SSSR count). The Morgan fingerprint density at radius 2 is 1.29 bits per heavy atom. The van der Waals surface area contributed by atoms with Gasteiger partial charge in [0, 0.05) is 28.4 Å². The van der Waals surface area contributed by atoms with Crippen LogP contribution in [0.2, 0.25) is 0 Å². The van der Waals surface area contributed by atoms with Crippen LogP contribution in [0.5, 0.6) is 0 Å². The molecule has 1 spiro atoms. The van der Waals surface area contributed by atoms with Gasteiger partial charge in [0.05, 0.1) is 0 Å². The minimum absolute atomic E-state index is 0.870. The zero-order valence-corrected chi connectivity index (χ0v) is 5.78. The van der Waals surface area contributed by atoms with E-state index in [1.165, 1.54) is 23.0 Å². The van der Waals surface area contributed by atoms with Gasteiger partial charge in [-0.1, -0.05) is 0 Å². The van der Waals surface area contributed by atoms with Crippen molar-refractivity contribution >= 4 is 23.5 Å². The fourth-order valence-electron chi connectivity index (χ4n) is 0.948. The quantitative estimate of drug-likeness (QED) is 0.489. The van der Waals surface area contributed by atoms with Crippen LogP contribution in [0.15, 0.2) is 0 Å². The highest BCUT2D eigenvalue weighted by Crippen LogP contribution is 2.49. The van der Waals surface area contributed by atoms with E-state index >= 15 is 0 Å². The Balaban J connectivity index is 2.00. The molecule has 2 aliphatic heterocycles. The largest absolute Gasteiger partial charge is 0.161 e. The minimum Gasteiger partial charge on any atom is -0.161 e. The summed E-state index contributed by atoms with van der Waals surface area (Å²) in [7, 11) is 0. The molecule has 40 valence electrons. The molecular formula is C5H8S2. The minimum atomic E-state index is 0.870. The van der Waals surface area contributed by atoms with E-state index in [-0.39, 0.29) is 0 Å². The molecule has 0 aromatic rings. The van der Waals surface area contributed by atoms with Crippen molar-refractivity contribution in [3.63, 3.8) is 0 Å². The Morgan fingerprint density at radius 1 is 0.857 bits per heavy atom. The van der Waals surface area contributed by atoms with E-state index in [2.05, 4.69) is 23.5 Å². The van der Waals surface area contributed by atoms with E-state index in [0.717, 1.165) is 5.41 Å². The molecule has 2 heterocycles. The van der Waals surface area contributed by atoms with E-state index in [4.69, 9.17) is 0 Å². The average molecular weight is 132 g/mol. The molecule has 2 saturated heterocycles. The lowest BCUT2D eigenvalue weighted by atomic mass is 9.97. The molecule has 0 aromatic heterocycles. The maximum atomic E-state index is 2.11. The van der Waals surface area contributed by atoms with Gasteiger partial charge in [0.15, 0.2) is 0 Å². The molecule has 0 unspecified atom stereocenters. The summed E-state index contributed by atoms with van der Waals surface area (Å²) >= 11 is 4.21. The maximum absolute atomic E-state index is 2.11. The highest BCUT2D eigenvalue weighted by atomic mass is 32.2. The van der Waals surface area contributed by atoms with Gasteiger partial charge >= 0.3 is 0 Å². The highest BCUT2D eigenvalue weighted by Gasteiger charge is 2.43. The molecule has 0 atom stereocenters. The SMILES string of the molecule is C1SCC12CSC2. The second kappa shape index (κ2) is 1.35. The zero-order valence-electron chi connectivity index (χ0n) is 4.14. The molecule has 0 aromatic carbocycles. The van der Waals surface area contributed by atoms with Crippen molar-refractivity contribution in [1.29, 1.82) is 0 Å². The van der Waals surface area contributed by atoms with Crippen LogP contribution in [0, 0.1) is 5.41 Å². The Morgan fingerprint density at radius 3 is 1.29 bits per heavy atom. The molecular weight excluding hydrogens is 124 g/mol. The Labute approximate surface area is 52.4 Å². The van der Waals surface area contributed by atoms with Gasteiger partial charge in [-0.15, -0.1) is 0 Å². The molecule has 0 nitrogen and oxygen atoms in total. The summed E-state index contributed by atoms with van der Waals surface area (Å²) in [5, 5.41) is 0. The number of rotatable bonds is 0. The van der Waals surface area contributed by atoms with Crippen molar-refractivity contribution in [2.45, 2.75) is 0 Å². The third kappa shape index (κ3) is 0.531. The summed E-state index contributed by atoms with van der Waals surface area (Å²) in [6.07, 6.45) is 0. The highest BCUT2D eigenvalue weighted by molar-refractivity contribution is 8.03. The van der Waals surface area contributed by atoms with Crippen LogP contribution in [0.4, 0.5) is 0 Å². The molecule has 0 radical (unpaired) electrons. The zero-order chi connectivity index (χ0) is 4.74. The summed E-state index contributed by atoms with van der Waals surface area (Å²) in [6, 6.07) is 0. The van der Waals surface area contributed by atoms with Gasteiger partial charge in [-0.3, -0.25) is 0 Å². The molecule has 0 aliphatic carbocycles. The molecule has 2 fully saturated rings. The molecule has 0 saturated carbocycles. The fraction of sp³-hybridized carbons (Fsp3) is 1.00. The topological polar surface area (TPSA) is 0 Å². The van der Waals surface area contributed by atoms with Gasteiger partial charge in [0.2, 0.25) is 0 Å². The number of hydrogen-bond donors (Lipinski definition) is 0. The van der Waals surface area contributed by atoms with Gasteiger partial charge in [-0.25, -0.2) is 0 Å². The standard InChI is InChI=1S/C5H8S2/c1-5(2-6-1)3-7-4-5/h1-4H2. The smallest absolute Gasteiger partial charge is 0.00650 e. The van der Waals surface area contributed by atoms with Crippen LogP contribution in [-0.2, 0) is 0 Å². The second-order valence-electron chi connectivity index (χ2n) is 2.49. The summed E-state index contributed by atoms with van der Waals surface area (Å²) in [6.45, 7) is 0. The van der Waals surface area contributed by atoms with Gasteiger partial charge in [-0.2, -0.15) is 23.5 Å². The average Bonchev–Trinajstić information content (AvgIpc) is 1.20. The van der Waals surface area contributed by atoms with Crippen molar-refractivity contribution in [2.24, 2.45) is 5.41 Å². The first-order chi connectivity index (χ1) is 3.41. The Hall–Kier alpha value is 0.700. The number of thioether (sulfide) groups is 2. The third-order valence-corrected chi connectivity index (χ3v) is 4.90. The first-order valence-corrected chi connectivity index (χ1v) is 4.88. The van der Waals surface area contributed by atoms with E-state index in [9.17, 15) is 0 Å². The molecule has 7 heavy (non-hydrogen) atoms. The first kappa shape index (κ1) is 4.57. The van der Waals surface area contributed by atoms with Crippen molar-refractivity contribution < 1.29 is 0 Å². The van der Waals surface area contributed by atoms with E-state index in [0.29, 0.717) is 0 Å². The maximum Gasteiger partial charge on any atom is 0.00650 e. The molecule has 2 aliphatic rings. The lowest BCUT2D eigenvalue weighted by Crippen LogP contribution is -2.47. The lowest BCUT2D eigenvalue weighted by molar-refractivity contribution is 0.454. The van der Waals surface area contributed by atoms with E-state index in [1.54, 1.807) is 0 Å². The van der Waals surface area contributed by atoms with E-state index in [1.807, 2.05) is 0 Å². The summed E-state index contributed by atoms with van der Waals surface area (Å²) < 4.78 is 0. The van der Waals surface area contributed by atoms with Gasteiger partial charge in [0.25, 0.3) is 0 Å². The van der Waals surface area contributed by atoms with Crippen LogP contribution in [0.25, 0.3) is 0 Å². The van der Waals surface area contributed by atoms with Gasteiger partial charge in [-0.05, 0) is 0 Å². The molecule has 0 amide bonds. The summed E-state index contributed by atoms with van der Waals surface area (Å²) in [5.74, 6) is 5.83. The lowest BCUT2D eigenvalue weighted by Gasteiger charge is -2.47. The van der Waals surface area contributed by atoms with E-state index < -0.39 is 0 Å². The van der Waals surface area contributed by atoms with Crippen LogP contribution in [-0.4, -0.2) is 23.0 Å². The summed E-state index contributed by atoms with van der Waals surface area (Å²) in [5.41, 5.74) is 0.870. The van der Waals surface area contributed by atoms with Crippen LogP contribution in [0.3, 0.4) is 0 Å². The molecule has 2 heteroatoms. The molecule has 0 bridgehead atoms. The summed E-state index contributed by atoms with van der Waals surface area (Å²) in [4.78, 5) is 0. The van der Waals surface area contributed by atoms with Gasteiger partial charge in [0.1, 0.15) is 0 Å². The van der Waals surface area contributed by atoms with Crippen molar-refractivity contribution in [2.75, 3.05) is 23.0 Å². The second-order valence-corrected chi connectivity index (χ2v) is 4.46. The predicted octanol–water partition coefficient (Wildman–Crippen LogP) is 1.47. The Kier molecular flexibility index (Phi) is 0.880. The van der Waals surface area contributed by atoms with Crippen molar-refractivity contribution in [3.05, 3.63) is 0 Å². The molecule has 0 N–H and O–H groups in total. The fourth-order valence-corrected chi connectivity index (χ4v) is 3.84. The predicted molar refractivity (Wildman–Crippen MR) is 37.1 cm³/mol. The first-order valence-electron chi connectivity index (χ1n) is 2.57. The van der Waals surface area contributed by atoms with Gasteiger partial charge < -0.3 is 0 Å². The monoisotopic (exact) mass is 132 g/mol.